The highest BCUT2D eigenvalue weighted by molar-refractivity contribution is 6.33. The van der Waals surface area contributed by atoms with Crippen molar-refractivity contribution in [2.45, 2.75) is 13.0 Å². The summed E-state index contributed by atoms with van der Waals surface area (Å²) in [7, 11) is 1.30. The second-order valence-corrected chi connectivity index (χ2v) is 5.64. The van der Waals surface area contributed by atoms with Gasteiger partial charge >= 0.3 is 5.97 Å². The topological polar surface area (TPSA) is 67.4 Å². The highest BCUT2D eigenvalue weighted by atomic mass is 35.5. The molecule has 0 saturated heterocycles. The second kappa shape index (κ2) is 9.03. The number of ether oxygens (including phenoxy) is 1. The molecule has 0 aromatic heterocycles. The molecule has 0 radical (unpaired) electrons. The minimum atomic E-state index is -0.470. The Balaban J connectivity index is 1.83. The minimum Gasteiger partial charge on any atom is -0.465 e. The van der Waals surface area contributed by atoms with Gasteiger partial charge in [0.25, 0.3) is 0 Å². The van der Waals surface area contributed by atoms with Gasteiger partial charge in [-0.2, -0.15) is 0 Å². The molecule has 0 atom stereocenters. The number of rotatable bonds is 7. The molecule has 0 aliphatic rings. The van der Waals surface area contributed by atoms with Crippen LogP contribution in [0, 0.1) is 5.82 Å². The molecule has 132 valence electrons. The molecule has 0 unspecified atom stereocenters. The fraction of sp³-hybridized carbons (Fsp3) is 0.222. The zero-order chi connectivity index (χ0) is 18.2. The van der Waals surface area contributed by atoms with Crippen LogP contribution in [-0.2, 0) is 16.1 Å². The van der Waals surface area contributed by atoms with Crippen molar-refractivity contribution < 1.29 is 18.7 Å². The average Bonchev–Trinajstić information content (AvgIpc) is 2.62. The Hall–Kier alpha value is -2.60. The lowest BCUT2D eigenvalue weighted by molar-refractivity contribution is -0.121. The summed E-state index contributed by atoms with van der Waals surface area (Å²) in [5.41, 5.74) is 1.32. The van der Waals surface area contributed by atoms with Crippen molar-refractivity contribution in [2.24, 2.45) is 0 Å². The molecule has 2 rings (SSSR count). The van der Waals surface area contributed by atoms with Crippen LogP contribution >= 0.6 is 11.6 Å². The number of benzene rings is 2. The van der Waals surface area contributed by atoms with Crippen LogP contribution < -0.4 is 10.6 Å². The fourth-order valence-corrected chi connectivity index (χ4v) is 2.32. The first-order chi connectivity index (χ1) is 12.0. The molecule has 25 heavy (non-hydrogen) atoms. The number of carbonyl (C=O) groups excluding carboxylic acids is 2. The van der Waals surface area contributed by atoms with E-state index in [2.05, 4.69) is 15.4 Å². The lowest BCUT2D eigenvalue weighted by Crippen LogP contribution is -2.25. The number of carbonyl (C=O) groups is 2. The zero-order valence-electron chi connectivity index (χ0n) is 13.6. The Morgan fingerprint density at radius 1 is 1.20 bits per heavy atom. The van der Waals surface area contributed by atoms with Gasteiger partial charge in [0.2, 0.25) is 5.91 Å². The van der Waals surface area contributed by atoms with E-state index < -0.39 is 5.97 Å². The molecule has 7 heteroatoms. The van der Waals surface area contributed by atoms with Gasteiger partial charge in [-0.1, -0.05) is 29.8 Å². The Labute approximate surface area is 150 Å². The number of halogens is 2. The van der Waals surface area contributed by atoms with Gasteiger partial charge in [0.15, 0.2) is 0 Å². The highest BCUT2D eigenvalue weighted by Gasteiger charge is 2.09. The maximum absolute atomic E-state index is 13.5. The van der Waals surface area contributed by atoms with Gasteiger partial charge in [0.1, 0.15) is 5.82 Å². The predicted molar refractivity (Wildman–Crippen MR) is 94.1 cm³/mol. The van der Waals surface area contributed by atoms with Gasteiger partial charge in [-0.3, -0.25) is 4.79 Å². The lowest BCUT2D eigenvalue weighted by Gasteiger charge is -2.10. The lowest BCUT2D eigenvalue weighted by atomic mass is 10.2. The molecule has 0 aliphatic heterocycles. The van der Waals surface area contributed by atoms with Crippen molar-refractivity contribution >= 4 is 29.2 Å². The number of hydrogen-bond donors (Lipinski definition) is 2. The number of hydrogen-bond acceptors (Lipinski definition) is 4. The van der Waals surface area contributed by atoms with Crippen molar-refractivity contribution in [3.63, 3.8) is 0 Å². The van der Waals surface area contributed by atoms with Crippen LogP contribution in [0.15, 0.2) is 42.5 Å². The standard InChI is InChI=1S/C18H18ClFN2O3/c1-25-18(24)12-6-7-14(19)16(10-12)21-9-8-17(23)22-11-13-4-2-3-5-15(13)20/h2-7,10,21H,8-9,11H2,1H3,(H,22,23). The molecule has 5 nitrogen and oxygen atoms in total. The summed E-state index contributed by atoms with van der Waals surface area (Å²) in [5, 5.41) is 6.08. The molecule has 2 aromatic rings. The summed E-state index contributed by atoms with van der Waals surface area (Å²) in [4.78, 5) is 23.4. The Kier molecular flexibility index (Phi) is 6.77. The van der Waals surface area contributed by atoms with Gasteiger partial charge in [0.05, 0.1) is 23.4 Å². The van der Waals surface area contributed by atoms with Crippen LogP contribution in [0.5, 0.6) is 0 Å². The number of anilines is 1. The van der Waals surface area contributed by atoms with E-state index in [0.717, 1.165) is 0 Å². The van der Waals surface area contributed by atoms with Crippen molar-refractivity contribution in [2.75, 3.05) is 19.0 Å². The monoisotopic (exact) mass is 364 g/mol. The Bertz CT molecular complexity index is 768. The summed E-state index contributed by atoms with van der Waals surface area (Å²) < 4.78 is 18.1. The summed E-state index contributed by atoms with van der Waals surface area (Å²) in [6.45, 7) is 0.442. The average molecular weight is 365 g/mol. The molecule has 0 bridgehead atoms. The van der Waals surface area contributed by atoms with E-state index in [1.807, 2.05) is 0 Å². The van der Waals surface area contributed by atoms with E-state index in [1.54, 1.807) is 36.4 Å². The van der Waals surface area contributed by atoms with Gasteiger partial charge in [-0.15, -0.1) is 0 Å². The van der Waals surface area contributed by atoms with Crippen molar-refractivity contribution in [1.82, 2.24) is 5.32 Å². The SMILES string of the molecule is COC(=O)c1ccc(Cl)c(NCCC(=O)NCc2ccccc2F)c1. The molecule has 0 aliphatic carbocycles. The quantitative estimate of drug-likeness (QED) is 0.739. The first kappa shape index (κ1) is 18.7. The Morgan fingerprint density at radius 2 is 1.96 bits per heavy atom. The van der Waals surface area contributed by atoms with Crippen molar-refractivity contribution in [1.29, 1.82) is 0 Å². The normalized spacial score (nSPS) is 10.2. The van der Waals surface area contributed by atoms with Crippen molar-refractivity contribution in [3.8, 4) is 0 Å². The van der Waals surface area contributed by atoms with E-state index in [1.165, 1.54) is 13.2 Å². The van der Waals surface area contributed by atoms with Crippen LogP contribution in [0.3, 0.4) is 0 Å². The summed E-state index contributed by atoms with van der Waals surface area (Å²) in [6.07, 6.45) is 0.174. The van der Waals surface area contributed by atoms with Crippen LogP contribution in [0.4, 0.5) is 10.1 Å². The molecule has 0 heterocycles. The summed E-state index contributed by atoms with van der Waals surface area (Å²) >= 11 is 6.06. The third kappa shape index (κ3) is 5.46. The fourth-order valence-electron chi connectivity index (χ4n) is 2.14. The minimum absolute atomic E-state index is 0.129. The van der Waals surface area contributed by atoms with Crippen LogP contribution in [0.25, 0.3) is 0 Å². The van der Waals surface area contributed by atoms with Crippen LogP contribution in [0.2, 0.25) is 5.02 Å². The maximum Gasteiger partial charge on any atom is 0.337 e. The molecule has 2 N–H and O–H groups in total. The van der Waals surface area contributed by atoms with Crippen LogP contribution in [-0.4, -0.2) is 25.5 Å². The second-order valence-electron chi connectivity index (χ2n) is 5.23. The number of amides is 1. The van der Waals surface area contributed by atoms with E-state index in [4.69, 9.17) is 11.6 Å². The van der Waals surface area contributed by atoms with E-state index >= 15 is 0 Å². The third-order valence-electron chi connectivity index (χ3n) is 3.49. The first-order valence-electron chi connectivity index (χ1n) is 7.63. The largest absolute Gasteiger partial charge is 0.465 e. The smallest absolute Gasteiger partial charge is 0.337 e. The van der Waals surface area contributed by atoms with Crippen LogP contribution in [0.1, 0.15) is 22.3 Å². The maximum atomic E-state index is 13.5. The van der Waals surface area contributed by atoms with Gasteiger partial charge < -0.3 is 15.4 Å². The molecule has 1 amide bonds. The van der Waals surface area contributed by atoms with Gasteiger partial charge in [0, 0.05) is 25.1 Å². The van der Waals surface area contributed by atoms with E-state index in [9.17, 15) is 14.0 Å². The number of nitrogens with one attached hydrogen (secondary N) is 2. The molecular formula is C18H18ClFN2O3. The van der Waals surface area contributed by atoms with E-state index in [0.29, 0.717) is 28.4 Å². The molecule has 2 aromatic carbocycles. The molecular weight excluding hydrogens is 347 g/mol. The summed E-state index contributed by atoms with van der Waals surface area (Å²) in [5.74, 6) is -1.05. The molecule has 0 spiro atoms. The van der Waals surface area contributed by atoms with E-state index in [-0.39, 0.29) is 24.7 Å². The highest BCUT2D eigenvalue weighted by Crippen LogP contribution is 2.23. The first-order valence-corrected chi connectivity index (χ1v) is 8.01. The third-order valence-corrected chi connectivity index (χ3v) is 3.82. The van der Waals surface area contributed by atoms with Gasteiger partial charge in [-0.05, 0) is 24.3 Å². The number of esters is 1. The zero-order valence-corrected chi connectivity index (χ0v) is 14.4. The van der Waals surface area contributed by atoms with Crippen molar-refractivity contribution in [3.05, 3.63) is 64.4 Å². The molecule has 0 saturated carbocycles. The summed E-state index contributed by atoms with van der Waals surface area (Å²) in [6, 6.07) is 11.0. The van der Waals surface area contributed by atoms with Gasteiger partial charge in [-0.25, -0.2) is 9.18 Å². The Morgan fingerprint density at radius 3 is 2.68 bits per heavy atom. The molecule has 0 fully saturated rings. The number of methoxy groups -OCH3 is 1. The predicted octanol–water partition coefficient (Wildman–Crippen LogP) is 3.38.